The van der Waals surface area contributed by atoms with Gasteiger partial charge in [0.25, 0.3) is 0 Å². The van der Waals surface area contributed by atoms with Crippen LogP contribution in [-0.4, -0.2) is 6.04 Å². The summed E-state index contributed by atoms with van der Waals surface area (Å²) in [5, 5.41) is 12.2. The van der Waals surface area contributed by atoms with Gasteiger partial charge in [0.15, 0.2) is 0 Å². The Kier molecular flexibility index (Phi) is 3.63. The molecule has 0 bridgehead atoms. The lowest BCUT2D eigenvalue weighted by atomic mass is 9.87. The SMILES string of the molecule is CC1CCC(Nc2ccc(F)c(C#N)c2)CC1. The van der Waals surface area contributed by atoms with Gasteiger partial charge in [-0.25, -0.2) is 4.39 Å². The fourth-order valence-corrected chi connectivity index (χ4v) is 2.34. The highest BCUT2D eigenvalue weighted by molar-refractivity contribution is 5.50. The molecule has 1 fully saturated rings. The van der Waals surface area contributed by atoms with Crippen LogP contribution >= 0.6 is 0 Å². The van der Waals surface area contributed by atoms with Crippen LogP contribution in [0.1, 0.15) is 38.2 Å². The molecule has 0 spiro atoms. The van der Waals surface area contributed by atoms with Crippen LogP contribution in [0, 0.1) is 23.1 Å². The van der Waals surface area contributed by atoms with Gasteiger partial charge in [-0.15, -0.1) is 0 Å². The van der Waals surface area contributed by atoms with Crippen LogP contribution in [0.4, 0.5) is 10.1 Å². The lowest BCUT2D eigenvalue weighted by Crippen LogP contribution is -2.25. The molecule has 1 aromatic rings. The van der Waals surface area contributed by atoms with Crippen molar-refractivity contribution in [2.75, 3.05) is 5.32 Å². The minimum absolute atomic E-state index is 0.110. The Bertz CT molecular complexity index is 428. The minimum Gasteiger partial charge on any atom is -0.382 e. The number of nitrogens with one attached hydrogen (secondary N) is 1. The molecule has 0 aliphatic heterocycles. The first-order valence-corrected chi connectivity index (χ1v) is 6.15. The molecule has 2 rings (SSSR count). The van der Waals surface area contributed by atoms with Crippen molar-refractivity contribution in [2.24, 2.45) is 5.92 Å². The maximum absolute atomic E-state index is 13.1. The highest BCUT2D eigenvalue weighted by Crippen LogP contribution is 2.26. The third-order valence-electron chi connectivity index (χ3n) is 3.47. The van der Waals surface area contributed by atoms with Gasteiger partial charge in [-0.2, -0.15) is 5.26 Å². The predicted octanol–water partition coefficient (Wildman–Crippen LogP) is 3.69. The molecule has 1 N–H and O–H groups in total. The molecule has 1 saturated carbocycles. The Morgan fingerprint density at radius 2 is 2.00 bits per heavy atom. The summed E-state index contributed by atoms with van der Waals surface area (Å²) >= 11 is 0. The van der Waals surface area contributed by atoms with Crippen molar-refractivity contribution in [3.63, 3.8) is 0 Å². The predicted molar refractivity (Wildman–Crippen MR) is 66.2 cm³/mol. The smallest absolute Gasteiger partial charge is 0.141 e. The minimum atomic E-state index is -0.449. The molecule has 2 nitrogen and oxygen atoms in total. The van der Waals surface area contributed by atoms with Crippen LogP contribution in [0.15, 0.2) is 18.2 Å². The van der Waals surface area contributed by atoms with Gasteiger partial charge < -0.3 is 5.32 Å². The number of nitriles is 1. The van der Waals surface area contributed by atoms with Crippen LogP contribution in [0.3, 0.4) is 0 Å². The zero-order valence-corrected chi connectivity index (χ0v) is 10.0. The number of hydrogen-bond donors (Lipinski definition) is 1. The fourth-order valence-electron chi connectivity index (χ4n) is 2.34. The van der Waals surface area contributed by atoms with Gasteiger partial charge in [0.1, 0.15) is 11.9 Å². The summed E-state index contributed by atoms with van der Waals surface area (Å²) in [5.74, 6) is 0.367. The van der Waals surface area contributed by atoms with Crippen LogP contribution in [0.25, 0.3) is 0 Å². The molecule has 0 aromatic heterocycles. The standard InChI is InChI=1S/C14H17FN2/c1-10-2-4-12(5-3-10)17-13-6-7-14(15)11(8-13)9-16/h6-8,10,12,17H,2-5H2,1H3. The Labute approximate surface area is 101 Å². The fraction of sp³-hybridized carbons (Fsp3) is 0.500. The molecular weight excluding hydrogens is 215 g/mol. The number of hydrogen-bond acceptors (Lipinski definition) is 2. The summed E-state index contributed by atoms with van der Waals surface area (Å²) < 4.78 is 13.1. The van der Waals surface area contributed by atoms with Gasteiger partial charge in [0, 0.05) is 11.7 Å². The summed E-state index contributed by atoms with van der Waals surface area (Å²) in [7, 11) is 0. The zero-order valence-electron chi connectivity index (χ0n) is 10.0. The molecule has 0 unspecified atom stereocenters. The van der Waals surface area contributed by atoms with Gasteiger partial charge >= 0.3 is 0 Å². The molecule has 1 aliphatic rings. The maximum atomic E-state index is 13.1. The lowest BCUT2D eigenvalue weighted by molar-refractivity contribution is 0.361. The van der Waals surface area contributed by atoms with Crippen molar-refractivity contribution in [2.45, 2.75) is 38.6 Å². The van der Waals surface area contributed by atoms with E-state index in [1.807, 2.05) is 6.07 Å². The summed E-state index contributed by atoms with van der Waals surface area (Å²) in [4.78, 5) is 0. The van der Waals surface area contributed by atoms with Crippen LogP contribution in [-0.2, 0) is 0 Å². The second-order valence-corrected chi connectivity index (χ2v) is 4.91. The van der Waals surface area contributed by atoms with Crippen molar-refractivity contribution in [3.05, 3.63) is 29.6 Å². The van der Waals surface area contributed by atoms with E-state index in [1.165, 1.54) is 18.9 Å². The number of anilines is 1. The average Bonchev–Trinajstić information content (AvgIpc) is 2.34. The first kappa shape index (κ1) is 11.9. The van der Waals surface area contributed by atoms with Crippen molar-refractivity contribution in [3.8, 4) is 6.07 Å². The molecule has 3 heteroatoms. The number of nitrogens with zero attached hydrogens (tertiary/aromatic N) is 1. The molecule has 0 atom stereocenters. The van der Waals surface area contributed by atoms with E-state index in [0.29, 0.717) is 6.04 Å². The van der Waals surface area contributed by atoms with E-state index < -0.39 is 5.82 Å². The van der Waals surface area contributed by atoms with Gasteiger partial charge in [-0.05, 0) is 49.8 Å². The monoisotopic (exact) mass is 232 g/mol. The molecule has 90 valence electrons. The van der Waals surface area contributed by atoms with Crippen molar-refractivity contribution in [1.29, 1.82) is 5.26 Å². The Hall–Kier alpha value is -1.56. The Balaban J connectivity index is 2.02. The van der Waals surface area contributed by atoms with Gasteiger partial charge in [-0.1, -0.05) is 6.92 Å². The molecule has 0 radical (unpaired) electrons. The number of halogens is 1. The van der Waals surface area contributed by atoms with E-state index in [-0.39, 0.29) is 5.56 Å². The second kappa shape index (κ2) is 5.18. The summed E-state index contributed by atoms with van der Waals surface area (Å²) in [6, 6.07) is 6.97. The van der Waals surface area contributed by atoms with Gasteiger partial charge in [-0.3, -0.25) is 0 Å². The second-order valence-electron chi connectivity index (χ2n) is 4.91. The summed E-state index contributed by atoms with van der Waals surface area (Å²) in [6.45, 7) is 2.28. The Morgan fingerprint density at radius 3 is 2.65 bits per heavy atom. The molecule has 0 heterocycles. The number of benzene rings is 1. The lowest BCUT2D eigenvalue weighted by Gasteiger charge is -2.27. The third kappa shape index (κ3) is 2.97. The van der Waals surface area contributed by atoms with E-state index in [4.69, 9.17) is 5.26 Å². The van der Waals surface area contributed by atoms with Crippen LogP contribution in [0.2, 0.25) is 0 Å². The van der Waals surface area contributed by atoms with Crippen molar-refractivity contribution < 1.29 is 4.39 Å². The third-order valence-corrected chi connectivity index (χ3v) is 3.47. The highest BCUT2D eigenvalue weighted by atomic mass is 19.1. The quantitative estimate of drug-likeness (QED) is 0.844. The van der Waals surface area contributed by atoms with Crippen molar-refractivity contribution in [1.82, 2.24) is 0 Å². The van der Waals surface area contributed by atoms with E-state index in [1.54, 1.807) is 12.1 Å². The molecule has 0 saturated heterocycles. The van der Waals surface area contributed by atoms with E-state index in [9.17, 15) is 4.39 Å². The van der Waals surface area contributed by atoms with E-state index in [2.05, 4.69) is 12.2 Å². The van der Waals surface area contributed by atoms with Gasteiger partial charge in [0.05, 0.1) is 5.56 Å². The average molecular weight is 232 g/mol. The topological polar surface area (TPSA) is 35.8 Å². The van der Waals surface area contributed by atoms with E-state index in [0.717, 1.165) is 24.4 Å². The van der Waals surface area contributed by atoms with E-state index >= 15 is 0 Å². The van der Waals surface area contributed by atoms with Crippen LogP contribution in [0.5, 0.6) is 0 Å². The highest BCUT2D eigenvalue weighted by Gasteiger charge is 2.18. The maximum Gasteiger partial charge on any atom is 0.141 e. The van der Waals surface area contributed by atoms with Crippen molar-refractivity contribution >= 4 is 5.69 Å². The first-order valence-electron chi connectivity index (χ1n) is 6.15. The summed E-state index contributed by atoms with van der Waals surface area (Å²) in [6.07, 6.45) is 4.79. The number of rotatable bonds is 2. The molecular formula is C14H17FN2. The summed E-state index contributed by atoms with van der Waals surface area (Å²) in [5.41, 5.74) is 0.960. The van der Waals surface area contributed by atoms with Gasteiger partial charge in [0.2, 0.25) is 0 Å². The normalized spacial score (nSPS) is 24.1. The molecule has 0 amide bonds. The molecule has 17 heavy (non-hydrogen) atoms. The molecule has 1 aromatic carbocycles. The van der Waals surface area contributed by atoms with Crippen LogP contribution < -0.4 is 5.32 Å². The first-order chi connectivity index (χ1) is 8.19. The Morgan fingerprint density at radius 1 is 1.29 bits per heavy atom. The molecule has 1 aliphatic carbocycles. The largest absolute Gasteiger partial charge is 0.382 e. The zero-order chi connectivity index (χ0) is 12.3.